The summed E-state index contributed by atoms with van der Waals surface area (Å²) in [5.74, 6) is 0.697. The van der Waals surface area contributed by atoms with Crippen molar-refractivity contribution in [3.8, 4) is 17.0 Å². The van der Waals surface area contributed by atoms with Crippen molar-refractivity contribution in [2.24, 2.45) is 0 Å². The molecule has 3 heterocycles. The molecular formula is C26H33N3O6S. The third-order valence-corrected chi connectivity index (χ3v) is 8.06. The van der Waals surface area contributed by atoms with Crippen molar-refractivity contribution in [3.63, 3.8) is 0 Å². The summed E-state index contributed by atoms with van der Waals surface area (Å²) in [6.45, 7) is 7.59. The maximum Gasteiger partial charge on any atom is 0.412 e. The maximum absolute atomic E-state index is 12.3. The highest BCUT2D eigenvalue weighted by Gasteiger charge is 2.48. The van der Waals surface area contributed by atoms with Crippen molar-refractivity contribution in [1.82, 2.24) is 9.88 Å². The van der Waals surface area contributed by atoms with Crippen LogP contribution in [0.4, 0.5) is 15.3 Å². The van der Waals surface area contributed by atoms with E-state index in [1.807, 2.05) is 45.2 Å². The predicted octanol–water partition coefficient (Wildman–Crippen LogP) is 5.00. The van der Waals surface area contributed by atoms with E-state index < -0.39 is 23.4 Å². The molecule has 2 aliphatic heterocycles. The van der Waals surface area contributed by atoms with Gasteiger partial charge in [-0.3, -0.25) is 4.90 Å². The number of likely N-dealkylation sites (tertiary alicyclic amines) is 1. The molecule has 0 unspecified atom stereocenters. The van der Waals surface area contributed by atoms with E-state index in [-0.39, 0.29) is 25.2 Å². The van der Waals surface area contributed by atoms with Crippen molar-refractivity contribution in [1.29, 1.82) is 0 Å². The summed E-state index contributed by atoms with van der Waals surface area (Å²) in [7, 11) is 0. The van der Waals surface area contributed by atoms with Crippen LogP contribution in [-0.4, -0.2) is 63.1 Å². The molecule has 3 aliphatic rings. The average molecular weight is 516 g/mol. The van der Waals surface area contributed by atoms with Crippen LogP contribution in [0.3, 0.4) is 0 Å². The molecule has 1 aromatic heterocycles. The number of β-amino-alcohol motifs (C(OH)–C–C–N with tert-alkyl or cyclic N) is 1. The zero-order valence-electron chi connectivity index (χ0n) is 21.1. The molecule has 194 valence electrons. The lowest BCUT2D eigenvalue weighted by molar-refractivity contribution is -0.103. The first-order chi connectivity index (χ1) is 16.9. The molecule has 2 fully saturated rings. The van der Waals surface area contributed by atoms with Crippen molar-refractivity contribution in [2.45, 2.75) is 83.1 Å². The van der Waals surface area contributed by atoms with Gasteiger partial charge in [0.05, 0.1) is 30.6 Å². The molecule has 2 aromatic rings. The number of aromatic nitrogens is 1. The third kappa shape index (κ3) is 4.52. The van der Waals surface area contributed by atoms with Crippen LogP contribution in [0.5, 0.6) is 5.75 Å². The monoisotopic (exact) mass is 515 g/mol. The van der Waals surface area contributed by atoms with Gasteiger partial charge in [0, 0.05) is 22.5 Å². The van der Waals surface area contributed by atoms with Crippen LogP contribution >= 0.6 is 11.3 Å². The standard InChI is InChI=1S/C26H33N3O6S/c1-15-8-9-18-20(29(15)23(30)31)11-10-17(21(18)34-16-6-5-7-16)19-12-36-22(27-19)26(33)13-28(14-26)24(32)35-25(2,3)4/h10-12,15-16,33H,5-9,13-14H2,1-4H3,(H,30,31)/t15-/m0/s1. The van der Waals surface area contributed by atoms with Gasteiger partial charge in [0.2, 0.25) is 0 Å². The molecule has 9 nitrogen and oxygen atoms in total. The molecule has 1 atom stereocenters. The first-order valence-corrected chi connectivity index (χ1v) is 13.3. The number of anilines is 1. The molecule has 0 bridgehead atoms. The molecule has 36 heavy (non-hydrogen) atoms. The lowest BCUT2D eigenvalue weighted by atomic mass is 9.92. The number of rotatable bonds is 4. The van der Waals surface area contributed by atoms with Crippen LogP contribution < -0.4 is 9.64 Å². The first-order valence-electron chi connectivity index (χ1n) is 12.5. The SMILES string of the molecule is C[C@H]1CCc2c(ccc(-c3csc(C4(O)CN(C(=O)OC(C)(C)C)C4)n3)c2OC2CCC2)N1C(=O)O. The normalized spacial score (nSPS) is 21.3. The summed E-state index contributed by atoms with van der Waals surface area (Å²) in [4.78, 5) is 32.0. The van der Waals surface area contributed by atoms with Crippen molar-refractivity contribution < 1.29 is 29.3 Å². The molecule has 1 saturated carbocycles. The summed E-state index contributed by atoms with van der Waals surface area (Å²) >= 11 is 1.34. The predicted molar refractivity (Wildman–Crippen MR) is 136 cm³/mol. The van der Waals surface area contributed by atoms with Crippen molar-refractivity contribution in [3.05, 3.63) is 28.1 Å². The molecule has 2 N–H and O–H groups in total. The number of nitrogens with zero attached hydrogens (tertiary/aromatic N) is 3. The minimum Gasteiger partial charge on any atom is -0.489 e. The quantitative estimate of drug-likeness (QED) is 0.589. The summed E-state index contributed by atoms with van der Waals surface area (Å²) in [6.07, 6.45) is 3.21. The number of hydrogen-bond acceptors (Lipinski definition) is 7. The molecule has 1 aromatic carbocycles. The van der Waals surface area contributed by atoms with Crippen LogP contribution in [-0.2, 0) is 16.8 Å². The molecule has 10 heteroatoms. The van der Waals surface area contributed by atoms with Crippen LogP contribution in [0.1, 0.15) is 63.9 Å². The number of ether oxygens (including phenoxy) is 2. The number of carbonyl (C=O) groups excluding carboxylic acids is 1. The van der Waals surface area contributed by atoms with Crippen LogP contribution in [0.2, 0.25) is 0 Å². The lowest BCUT2D eigenvalue weighted by Gasteiger charge is -2.45. The van der Waals surface area contributed by atoms with Crippen molar-refractivity contribution >= 4 is 29.2 Å². The lowest BCUT2D eigenvalue weighted by Crippen LogP contribution is -2.61. The van der Waals surface area contributed by atoms with Gasteiger partial charge >= 0.3 is 12.2 Å². The minimum absolute atomic E-state index is 0.107. The highest BCUT2D eigenvalue weighted by atomic mass is 32.1. The maximum atomic E-state index is 12.3. The zero-order valence-corrected chi connectivity index (χ0v) is 21.9. The van der Waals surface area contributed by atoms with Gasteiger partial charge < -0.3 is 24.6 Å². The van der Waals surface area contributed by atoms with Crippen LogP contribution in [0.15, 0.2) is 17.5 Å². The van der Waals surface area contributed by atoms with Gasteiger partial charge in [-0.2, -0.15) is 0 Å². The van der Waals surface area contributed by atoms with E-state index in [2.05, 4.69) is 0 Å². The first kappa shape index (κ1) is 24.8. The Balaban J connectivity index is 1.43. The topological polar surface area (TPSA) is 112 Å². The van der Waals surface area contributed by atoms with E-state index in [1.54, 1.807) is 0 Å². The van der Waals surface area contributed by atoms with Gasteiger partial charge in [-0.1, -0.05) is 0 Å². The van der Waals surface area contributed by atoms with E-state index in [0.717, 1.165) is 36.8 Å². The summed E-state index contributed by atoms with van der Waals surface area (Å²) in [6, 6.07) is 3.60. The number of aliphatic hydroxyl groups is 1. The van der Waals surface area contributed by atoms with E-state index >= 15 is 0 Å². The second-order valence-corrected chi connectivity index (χ2v) is 11.9. The summed E-state index contributed by atoms with van der Waals surface area (Å²) in [5, 5.41) is 23.4. The number of hydrogen-bond donors (Lipinski definition) is 2. The van der Waals surface area contributed by atoms with E-state index in [0.29, 0.717) is 28.6 Å². The number of benzene rings is 1. The fourth-order valence-electron chi connectivity index (χ4n) is 4.87. The molecule has 2 amide bonds. The third-order valence-electron chi connectivity index (χ3n) is 7.03. The molecule has 0 spiro atoms. The Morgan fingerprint density at radius 2 is 1.92 bits per heavy atom. The smallest absolute Gasteiger partial charge is 0.412 e. The number of thiazole rings is 1. The van der Waals surface area contributed by atoms with Crippen LogP contribution in [0, 0.1) is 0 Å². The number of amides is 2. The Morgan fingerprint density at radius 3 is 2.53 bits per heavy atom. The molecular weight excluding hydrogens is 482 g/mol. The van der Waals surface area contributed by atoms with E-state index in [9.17, 15) is 19.8 Å². The van der Waals surface area contributed by atoms with E-state index in [4.69, 9.17) is 14.5 Å². The largest absolute Gasteiger partial charge is 0.489 e. The Hall–Kier alpha value is -2.85. The number of carboxylic acid groups (broad SMARTS) is 1. The Labute approximate surface area is 214 Å². The highest BCUT2D eigenvalue weighted by molar-refractivity contribution is 7.10. The minimum atomic E-state index is -1.22. The fraction of sp³-hybridized carbons (Fsp3) is 0.577. The fourth-order valence-corrected chi connectivity index (χ4v) is 5.78. The second kappa shape index (κ2) is 8.92. The zero-order chi connectivity index (χ0) is 25.8. The molecule has 1 saturated heterocycles. The van der Waals surface area contributed by atoms with Gasteiger partial charge in [0.25, 0.3) is 0 Å². The van der Waals surface area contributed by atoms with Gasteiger partial charge in [-0.05, 0) is 71.9 Å². The van der Waals surface area contributed by atoms with Gasteiger partial charge in [-0.15, -0.1) is 11.3 Å². The van der Waals surface area contributed by atoms with Gasteiger partial charge in [-0.25, -0.2) is 14.6 Å². The highest BCUT2D eigenvalue weighted by Crippen LogP contribution is 2.45. The average Bonchev–Trinajstić information content (AvgIpc) is 3.22. The second-order valence-electron chi connectivity index (χ2n) is 11.1. The number of carbonyl (C=O) groups is 2. The Morgan fingerprint density at radius 1 is 1.19 bits per heavy atom. The van der Waals surface area contributed by atoms with E-state index in [1.165, 1.54) is 21.1 Å². The van der Waals surface area contributed by atoms with Gasteiger partial charge in [0.1, 0.15) is 16.4 Å². The Bertz CT molecular complexity index is 1180. The summed E-state index contributed by atoms with van der Waals surface area (Å²) in [5.41, 5.74) is 1.22. The molecule has 0 radical (unpaired) electrons. The number of fused-ring (bicyclic) bond motifs is 1. The summed E-state index contributed by atoms with van der Waals surface area (Å²) < 4.78 is 11.8. The molecule has 5 rings (SSSR count). The Kier molecular flexibility index (Phi) is 6.15. The van der Waals surface area contributed by atoms with Gasteiger partial charge in [0.15, 0.2) is 5.60 Å². The molecule has 1 aliphatic carbocycles. The van der Waals surface area contributed by atoms with Crippen LogP contribution in [0.25, 0.3) is 11.3 Å². The van der Waals surface area contributed by atoms with Crippen molar-refractivity contribution in [2.75, 3.05) is 18.0 Å².